The fraction of sp³-hybridized carbons (Fsp3) is 0.263. The molecule has 0 saturated heterocycles. The summed E-state index contributed by atoms with van der Waals surface area (Å²) in [6.07, 6.45) is 0.165. The van der Waals surface area contributed by atoms with Crippen molar-refractivity contribution in [3.05, 3.63) is 46.4 Å². The predicted molar refractivity (Wildman–Crippen MR) is 109 cm³/mol. The first-order valence-electron chi connectivity index (χ1n) is 8.30. The quantitative estimate of drug-likeness (QED) is 0.707. The second-order valence-electron chi connectivity index (χ2n) is 6.07. The van der Waals surface area contributed by atoms with Gasteiger partial charge < -0.3 is 19.7 Å². The van der Waals surface area contributed by atoms with E-state index in [2.05, 4.69) is 21.2 Å². The van der Waals surface area contributed by atoms with Crippen LogP contribution in [0.15, 0.2) is 45.8 Å². The molecule has 0 aromatic heterocycles. The molecule has 3 rings (SSSR count). The third-order valence-corrected chi connectivity index (χ3v) is 5.64. The number of halogens is 1. The Balaban J connectivity index is 1.72. The van der Waals surface area contributed by atoms with E-state index in [1.807, 2.05) is 30.3 Å². The fourth-order valence-electron chi connectivity index (χ4n) is 2.45. The van der Waals surface area contributed by atoms with Gasteiger partial charge in [0.2, 0.25) is 5.91 Å². The maximum Gasteiger partial charge on any atom is 0.286 e. The summed E-state index contributed by atoms with van der Waals surface area (Å²) in [7, 11) is 3.38. The molecule has 1 N–H and O–H groups in total. The van der Waals surface area contributed by atoms with E-state index in [1.54, 1.807) is 20.2 Å². The van der Waals surface area contributed by atoms with Gasteiger partial charge in [-0.05, 0) is 41.6 Å². The van der Waals surface area contributed by atoms with Crippen LogP contribution in [0.3, 0.4) is 0 Å². The van der Waals surface area contributed by atoms with Crippen molar-refractivity contribution in [1.29, 1.82) is 0 Å². The second-order valence-corrected chi connectivity index (χ2v) is 7.92. The number of rotatable bonds is 4. The minimum absolute atomic E-state index is 0.105. The molecule has 1 heterocycles. The topological polar surface area (TPSA) is 67.9 Å². The normalized spacial score (nSPS) is 12.4. The maximum absolute atomic E-state index is 12.6. The molecule has 0 bridgehead atoms. The van der Waals surface area contributed by atoms with Crippen LogP contribution in [0.1, 0.15) is 5.56 Å². The third kappa shape index (κ3) is 4.95. The number of anilines is 1. The van der Waals surface area contributed by atoms with Crippen molar-refractivity contribution in [3.8, 4) is 11.5 Å². The highest BCUT2D eigenvalue weighted by molar-refractivity contribution is 9.10. The SMILES string of the molecule is CN(C)C(=O)Sc1ccccc1NC(=O)Cc1cc2c(cc1Br)OCCO2. The van der Waals surface area contributed by atoms with Crippen molar-refractivity contribution in [2.75, 3.05) is 32.6 Å². The maximum atomic E-state index is 12.6. The van der Waals surface area contributed by atoms with E-state index in [-0.39, 0.29) is 17.6 Å². The van der Waals surface area contributed by atoms with Crippen LogP contribution >= 0.6 is 27.7 Å². The van der Waals surface area contributed by atoms with E-state index >= 15 is 0 Å². The number of amides is 2. The van der Waals surface area contributed by atoms with Crippen molar-refractivity contribution in [2.24, 2.45) is 0 Å². The molecule has 2 amide bonds. The first-order chi connectivity index (χ1) is 12.9. The summed E-state index contributed by atoms with van der Waals surface area (Å²) in [4.78, 5) is 26.7. The molecule has 27 heavy (non-hydrogen) atoms. The van der Waals surface area contributed by atoms with E-state index < -0.39 is 0 Å². The van der Waals surface area contributed by atoms with E-state index in [9.17, 15) is 9.59 Å². The number of fused-ring (bicyclic) bond motifs is 1. The molecule has 1 aliphatic rings. The zero-order valence-corrected chi connectivity index (χ0v) is 17.4. The fourth-order valence-corrected chi connectivity index (χ4v) is 3.66. The Labute approximate surface area is 170 Å². The number of nitrogens with zero attached hydrogens (tertiary/aromatic N) is 1. The minimum Gasteiger partial charge on any atom is -0.486 e. The van der Waals surface area contributed by atoms with Gasteiger partial charge in [0.25, 0.3) is 5.24 Å². The van der Waals surface area contributed by atoms with Gasteiger partial charge in [0.15, 0.2) is 11.5 Å². The summed E-state index contributed by atoms with van der Waals surface area (Å²) in [5.41, 5.74) is 1.41. The Morgan fingerprint density at radius 1 is 1.15 bits per heavy atom. The Hall–Kier alpha value is -2.19. The lowest BCUT2D eigenvalue weighted by Gasteiger charge is -2.20. The molecule has 2 aromatic carbocycles. The number of ether oxygens (including phenoxy) is 2. The molecule has 2 aromatic rings. The summed E-state index contributed by atoms with van der Waals surface area (Å²) in [6.45, 7) is 1.00. The van der Waals surface area contributed by atoms with Crippen LogP contribution in [0.4, 0.5) is 10.5 Å². The van der Waals surface area contributed by atoms with E-state index in [1.165, 1.54) is 4.90 Å². The van der Waals surface area contributed by atoms with Crippen LogP contribution in [0.25, 0.3) is 0 Å². The number of nitrogens with one attached hydrogen (secondary N) is 1. The van der Waals surface area contributed by atoms with E-state index in [0.717, 1.165) is 21.8 Å². The molecule has 6 nitrogen and oxygen atoms in total. The minimum atomic E-state index is -0.183. The summed E-state index contributed by atoms with van der Waals surface area (Å²) in [6, 6.07) is 10.9. The van der Waals surface area contributed by atoms with E-state index in [4.69, 9.17) is 9.47 Å². The average molecular weight is 451 g/mol. The molecule has 0 atom stereocenters. The lowest BCUT2D eigenvalue weighted by Crippen LogP contribution is -2.18. The van der Waals surface area contributed by atoms with Crippen molar-refractivity contribution < 1.29 is 19.1 Å². The summed E-state index contributed by atoms with van der Waals surface area (Å²) in [5.74, 6) is 1.12. The second kappa shape index (κ2) is 8.67. The number of benzene rings is 2. The summed E-state index contributed by atoms with van der Waals surface area (Å²) < 4.78 is 11.9. The molecule has 0 aliphatic carbocycles. The smallest absolute Gasteiger partial charge is 0.286 e. The Morgan fingerprint density at radius 3 is 2.52 bits per heavy atom. The van der Waals surface area contributed by atoms with Crippen LogP contribution in [-0.4, -0.2) is 43.4 Å². The lowest BCUT2D eigenvalue weighted by molar-refractivity contribution is -0.115. The standard InChI is InChI=1S/C19H19BrN2O4S/c1-22(2)19(24)27-17-6-4-3-5-14(17)21-18(23)10-12-9-15-16(11-13(12)20)26-8-7-25-15/h3-6,9,11H,7-8,10H2,1-2H3,(H,21,23). The van der Waals surface area contributed by atoms with Crippen molar-refractivity contribution in [3.63, 3.8) is 0 Å². The molecule has 142 valence electrons. The first kappa shape index (κ1) is 19.6. The zero-order chi connectivity index (χ0) is 19.4. The molecule has 8 heteroatoms. The van der Waals surface area contributed by atoms with Crippen LogP contribution < -0.4 is 14.8 Å². The molecule has 0 fully saturated rings. The van der Waals surface area contributed by atoms with Crippen molar-refractivity contribution >= 4 is 44.5 Å². The summed E-state index contributed by atoms with van der Waals surface area (Å²) in [5, 5.41) is 2.78. The molecule has 1 aliphatic heterocycles. The van der Waals surface area contributed by atoms with Gasteiger partial charge >= 0.3 is 0 Å². The molecule has 0 unspecified atom stereocenters. The predicted octanol–water partition coefficient (Wildman–Crippen LogP) is 4.18. The van der Waals surface area contributed by atoms with Crippen molar-refractivity contribution in [2.45, 2.75) is 11.3 Å². The van der Waals surface area contributed by atoms with Gasteiger partial charge in [0.1, 0.15) is 13.2 Å². The Bertz CT molecular complexity index is 873. The Kier molecular flexibility index (Phi) is 6.28. The van der Waals surface area contributed by atoms with Gasteiger partial charge in [0.05, 0.1) is 12.1 Å². The van der Waals surface area contributed by atoms with Gasteiger partial charge in [-0.15, -0.1) is 0 Å². The number of para-hydroxylation sites is 1. The van der Waals surface area contributed by atoms with Gasteiger partial charge in [-0.25, -0.2) is 0 Å². The molecular formula is C19H19BrN2O4S. The van der Waals surface area contributed by atoms with E-state index in [0.29, 0.717) is 35.3 Å². The monoisotopic (exact) mass is 450 g/mol. The van der Waals surface area contributed by atoms with Gasteiger partial charge in [-0.3, -0.25) is 9.59 Å². The Morgan fingerprint density at radius 2 is 1.81 bits per heavy atom. The summed E-state index contributed by atoms with van der Waals surface area (Å²) >= 11 is 4.56. The number of hydrogen-bond donors (Lipinski definition) is 1. The molecule has 0 saturated carbocycles. The number of carbonyl (C=O) groups is 2. The highest BCUT2D eigenvalue weighted by Gasteiger charge is 2.17. The lowest BCUT2D eigenvalue weighted by atomic mass is 10.1. The molecule has 0 radical (unpaired) electrons. The largest absolute Gasteiger partial charge is 0.486 e. The highest BCUT2D eigenvalue weighted by Crippen LogP contribution is 2.36. The van der Waals surface area contributed by atoms with Crippen molar-refractivity contribution in [1.82, 2.24) is 4.90 Å². The number of hydrogen-bond acceptors (Lipinski definition) is 5. The zero-order valence-electron chi connectivity index (χ0n) is 15.0. The molecular weight excluding hydrogens is 432 g/mol. The third-order valence-electron chi connectivity index (χ3n) is 3.79. The van der Waals surface area contributed by atoms with Gasteiger partial charge in [-0.2, -0.15) is 0 Å². The average Bonchev–Trinajstić information content (AvgIpc) is 2.63. The number of thioether (sulfide) groups is 1. The molecule has 0 spiro atoms. The van der Waals surface area contributed by atoms with Crippen LogP contribution in [0.2, 0.25) is 0 Å². The number of carbonyl (C=O) groups excluding carboxylic acids is 2. The first-order valence-corrected chi connectivity index (χ1v) is 9.91. The van der Waals surface area contributed by atoms with Crippen LogP contribution in [-0.2, 0) is 11.2 Å². The highest BCUT2D eigenvalue weighted by atomic mass is 79.9. The van der Waals surface area contributed by atoms with Crippen LogP contribution in [0, 0.1) is 0 Å². The van der Waals surface area contributed by atoms with Crippen LogP contribution in [0.5, 0.6) is 11.5 Å². The van der Waals surface area contributed by atoms with Gasteiger partial charge in [0, 0.05) is 23.5 Å². The van der Waals surface area contributed by atoms with Gasteiger partial charge in [-0.1, -0.05) is 28.1 Å².